The zero-order chi connectivity index (χ0) is 26.0. The number of nitrogens with zero attached hydrogens (tertiary/aromatic N) is 3. The molecule has 2 amide bonds. The third kappa shape index (κ3) is 5.33. The largest absolute Gasteiger partial charge is 0.478 e. The average Bonchev–Trinajstić information content (AvgIpc) is 3.21. The fraction of sp³-hybridized carbons (Fsp3) is 0.273. The van der Waals surface area contributed by atoms with Crippen molar-refractivity contribution >= 4 is 57.7 Å². The number of esters is 1. The standard InChI is InChI=1S/C16H17N5O7S2.C6H4/c1-6(22)28-4-9-7(15(25)26)3-21-13(24)11(14(21)30-9)19-12(23)10(20-27-2)8-5-29-16(17)18-8;1-2-5-4-6(5)3-1/h3,5,9,11,14H,4H2,1-2H3,(H2,17,18)(H,19,23)(H,25,26);1-4H/t9?,11?,14-;/m1./s1. The number of carboxylic acid groups (broad SMARTS) is 1. The summed E-state index contributed by atoms with van der Waals surface area (Å²) in [6.45, 7) is 1.04. The number of hydrogen-bond donors (Lipinski definition) is 3. The molecule has 0 radical (unpaired) electrons. The van der Waals surface area contributed by atoms with Gasteiger partial charge in [0.1, 0.15) is 30.8 Å². The molecule has 14 heteroatoms. The van der Waals surface area contributed by atoms with Crippen molar-refractivity contribution in [1.29, 1.82) is 0 Å². The Morgan fingerprint density at radius 1 is 1.31 bits per heavy atom. The van der Waals surface area contributed by atoms with Crippen LogP contribution in [0.2, 0.25) is 0 Å². The van der Waals surface area contributed by atoms with Crippen molar-refractivity contribution in [1.82, 2.24) is 15.2 Å². The molecule has 188 valence electrons. The van der Waals surface area contributed by atoms with Crippen LogP contribution in [0, 0.1) is 0 Å². The highest BCUT2D eigenvalue weighted by atomic mass is 32.2. The van der Waals surface area contributed by atoms with E-state index in [4.69, 9.17) is 15.3 Å². The third-order valence-electron chi connectivity index (χ3n) is 5.25. The number of oxime groups is 1. The molecule has 5 rings (SSSR count). The second-order valence-corrected chi connectivity index (χ2v) is 9.89. The van der Waals surface area contributed by atoms with Gasteiger partial charge < -0.3 is 30.6 Å². The van der Waals surface area contributed by atoms with Gasteiger partial charge in [-0.05, 0) is 17.2 Å². The zero-order valence-corrected chi connectivity index (χ0v) is 20.7. The molecule has 0 spiro atoms. The number of thioether (sulfide) groups is 1. The molecule has 2 unspecified atom stereocenters. The number of amides is 2. The number of aromatic nitrogens is 1. The number of β-lactam (4-membered cyclic amide) rings is 1. The summed E-state index contributed by atoms with van der Waals surface area (Å²) in [5, 5.41) is 16.1. The molecule has 1 fully saturated rings. The number of anilines is 1. The van der Waals surface area contributed by atoms with Crippen molar-refractivity contribution < 1.29 is 33.9 Å². The van der Waals surface area contributed by atoms with Crippen molar-refractivity contribution in [3.8, 4) is 11.1 Å². The number of nitrogen functional groups attached to an aromatic ring is 1. The van der Waals surface area contributed by atoms with Crippen LogP contribution in [0.3, 0.4) is 0 Å². The fourth-order valence-corrected chi connectivity index (χ4v) is 5.44. The van der Waals surface area contributed by atoms with Gasteiger partial charge in [-0.3, -0.25) is 14.4 Å². The van der Waals surface area contributed by atoms with Crippen molar-refractivity contribution in [3.05, 3.63) is 47.1 Å². The molecule has 3 heterocycles. The highest BCUT2D eigenvalue weighted by Crippen LogP contribution is 2.40. The number of ether oxygens (including phenoxy) is 1. The number of aliphatic carboxylic acids is 1. The molecule has 0 saturated carbocycles. The Labute approximate surface area is 213 Å². The number of nitrogens with two attached hydrogens (primary N) is 1. The molecule has 0 bridgehead atoms. The number of hydrogen-bond acceptors (Lipinski definition) is 11. The van der Waals surface area contributed by atoms with E-state index in [0.29, 0.717) is 0 Å². The van der Waals surface area contributed by atoms with Crippen LogP contribution in [-0.4, -0.2) is 74.8 Å². The number of fused-ring (bicyclic) bond motifs is 2. The first-order chi connectivity index (χ1) is 17.2. The number of carboxylic acids is 1. The molecule has 36 heavy (non-hydrogen) atoms. The number of nitrogens with one attached hydrogen (secondary N) is 1. The summed E-state index contributed by atoms with van der Waals surface area (Å²) in [6.07, 6.45) is 1.20. The Balaban J connectivity index is 0.000000434. The van der Waals surface area contributed by atoms with Gasteiger partial charge in [0, 0.05) is 18.5 Å². The molecule has 12 nitrogen and oxygen atoms in total. The Morgan fingerprint density at radius 2 is 2.03 bits per heavy atom. The molecule has 2 aliphatic carbocycles. The van der Waals surface area contributed by atoms with Gasteiger partial charge in [-0.2, -0.15) is 0 Å². The normalized spacial score (nSPS) is 21.1. The smallest absolute Gasteiger partial charge is 0.334 e. The lowest BCUT2D eigenvalue weighted by atomic mass is 10.1. The van der Waals surface area contributed by atoms with Gasteiger partial charge >= 0.3 is 11.9 Å². The summed E-state index contributed by atoms with van der Waals surface area (Å²) in [6, 6.07) is 7.54. The van der Waals surface area contributed by atoms with Crippen molar-refractivity contribution in [2.75, 3.05) is 19.5 Å². The van der Waals surface area contributed by atoms with Gasteiger partial charge in [0.2, 0.25) is 0 Å². The van der Waals surface area contributed by atoms with E-state index in [9.17, 15) is 24.3 Å². The Bertz CT molecular complexity index is 1270. The second-order valence-electron chi connectivity index (χ2n) is 7.68. The summed E-state index contributed by atoms with van der Waals surface area (Å²) in [5.41, 5.74) is 8.40. The van der Waals surface area contributed by atoms with Crippen molar-refractivity contribution in [3.63, 3.8) is 0 Å². The molecule has 2 aliphatic heterocycles. The molecule has 4 N–H and O–H groups in total. The zero-order valence-electron chi connectivity index (χ0n) is 19.0. The van der Waals surface area contributed by atoms with Crippen LogP contribution >= 0.6 is 23.1 Å². The number of benzene rings is 1. The summed E-state index contributed by atoms with van der Waals surface area (Å²) in [5.74, 6) is -2.97. The second kappa shape index (κ2) is 10.4. The van der Waals surface area contributed by atoms with E-state index >= 15 is 0 Å². The minimum absolute atomic E-state index is 0.0739. The maximum absolute atomic E-state index is 12.7. The highest BCUT2D eigenvalue weighted by Gasteiger charge is 2.52. The number of rotatable bonds is 7. The molecule has 1 saturated heterocycles. The first-order valence-electron chi connectivity index (χ1n) is 10.5. The molecule has 1 aromatic rings. The van der Waals surface area contributed by atoms with Gasteiger partial charge in [-0.1, -0.05) is 23.4 Å². The van der Waals surface area contributed by atoms with Gasteiger partial charge in [0.05, 0.1) is 10.8 Å². The van der Waals surface area contributed by atoms with Crippen LogP contribution in [0.1, 0.15) is 12.6 Å². The maximum atomic E-state index is 12.7. The Morgan fingerprint density at radius 3 is 2.53 bits per heavy atom. The van der Waals surface area contributed by atoms with Crippen LogP contribution in [-0.2, 0) is 28.8 Å². The monoisotopic (exact) mass is 531 g/mol. The lowest BCUT2D eigenvalue weighted by Gasteiger charge is -2.48. The van der Waals surface area contributed by atoms with E-state index in [0.717, 1.165) is 23.1 Å². The molecular weight excluding hydrogens is 510 g/mol. The van der Waals surface area contributed by atoms with E-state index in [1.165, 1.54) is 41.6 Å². The van der Waals surface area contributed by atoms with Crippen molar-refractivity contribution in [2.45, 2.75) is 23.6 Å². The topological polar surface area (TPSA) is 174 Å². The molecule has 3 atom stereocenters. The summed E-state index contributed by atoms with van der Waals surface area (Å²) in [7, 11) is 1.26. The third-order valence-corrected chi connectivity index (χ3v) is 7.43. The first-order valence-corrected chi connectivity index (χ1v) is 12.3. The van der Waals surface area contributed by atoms with Gasteiger partial charge in [0.15, 0.2) is 10.8 Å². The Hall–Kier alpha value is -3.91. The van der Waals surface area contributed by atoms with Crippen LogP contribution in [0.4, 0.5) is 5.13 Å². The van der Waals surface area contributed by atoms with Crippen LogP contribution < -0.4 is 11.1 Å². The Kier molecular flexibility index (Phi) is 7.26. The summed E-state index contributed by atoms with van der Waals surface area (Å²) in [4.78, 5) is 57.6. The van der Waals surface area contributed by atoms with Crippen LogP contribution in [0.15, 0.2) is 46.6 Å². The summed E-state index contributed by atoms with van der Waals surface area (Å²) < 4.78 is 4.93. The lowest BCUT2D eigenvalue weighted by Crippen LogP contribution is -2.69. The quantitative estimate of drug-likeness (QED) is 0.173. The highest BCUT2D eigenvalue weighted by molar-refractivity contribution is 8.01. The number of carbonyl (C=O) groups excluding carboxylic acids is 3. The predicted molar refractivity (Wildman–Crippen MR) is 132 cm³/mol. The van der Waals surface area contributed by atoms with Crippen molar-refractivity contribution in [2.24, 2.45) is 5.16 Å². The van der Waals surface area contributed by atoms with Gasteiger partial charge in [-0.25, -0.2) is 9.78 Å². The first kappa shape index (κ1) is 25.2. The predicted octanol–water partition coefficient (Wildman–Crippen LogP) is 1.04. The molecule has 4 aliphatic rings. The minimum atomic E-state index is -1.23. The van der Waals surface area contributed by atoms with E-state index < -0.39 is 40.4 Å². The maximum Gasteiger partial charge on any atom is 0.334 e. The average molecular weight is 532 g/mol. The minimum Gasteiger partial charge on any atom is -0.478 e. The SMILES string of the molecule is CON=C(C(=O)NC1C(=O)N2C=C(C(=O)O)C(COC(C)=O)S[C@H]12)c1csc(N)n1.c1cc2cc-2c1. The van der Waals surface area contributed by atoms with Gasteiger partial charge in [-0.15, -0.1) is 23.1 Å². The number of carbonyl (C=O) groups is 4. The van der Waals surface area contributed by atoms with Crippen LogP contribution in [0.25, 0.3) is 11.1 Å². The lowest BCUT2D eigenvalue weighted by molar-refractivity contribution is -0.145. The van der Waals surface area contributed by atoms with E-state index in [1.54, 1.807) is 0 Å². The fourth-order valence-electron chi connectivity index (χ4n) is 3.47. The van der Waals surface area contributed by atoms with Crippen LogP contribution in [0.5, 0.6) is 0 Å². The van der Waals surface area contributed by atoms with E-state index in [-0.39, 0.29) is 28.7 Å². The molecule has 1 aromatic heterocycles. The molecule has 0 aromatic carbocycles. The van der Waals surface area contributed by atoms with E-state index in [2.05, 4.69) is 39.7 Å². The summed E-state index contributed by atoms with van der Waals surface area (Å²) >= 11 is 2.21. The van der Waals surface area contributed by atoms with Gasteiger partial charge in [0.25, 0.3) is 11.8 Å². The van der Waals surface area contributed by atoms with E-state index in [1.807, 2.05) is 0 Å². The number of thiazole rings is 1. The molecular formula is C22H21N5O7S2.